The quantitative estimate of drug-likeness (QED) is 0.908. The monoisotopic (exact) mass is 297 g/mol. The van der Waals surface area contributed by atoms with E-state index in [1.54, 1.807) is 18.4 Å². The van der Waals surface area contributed by atoms with Gasteiger partial charge >= 0.3 is 0 Å². The molecule has 1 aromatic heterocycles. The zero-order valence-corrected chi connectivity index (χ0v) is 13.9. The Kier molecular flexibility index (Phi) is 5.18. The van der Waals surface area contributed by atoms with Crippen LogP contribution in [-0.2, 0) is 23.4 Å². The van der Waals surface area contributed by atoms with Crippen LogP contribution >= 0.6 is 11.3 Å². The summed E-state index contributed by atoms with van der Waals surface area (Å²) in [5.41, 5.74) is 6.91. The van der Waals surface area contributed by atoms with Crippen LogP contribution in [-0.4, -0.2) is 30.1 Å². The summed E-state index contributed by atoms with van der Waals surface area (Å²) in [4.78, 5) is 8.42. The lowest BCUT2D eigenvalue weighted by molar-refractivity contribution is 0.173. The van der Waals surface area contributed by atoms with Gasteiger partial charge in [0.15, 0.2) is 0 Å². The zero-order valence-electron chi connectivity index (χ0n) is 13.1. The number of aromatic nitrogens is 1. The predicted molar refractivity (Wildman–Crippen MR) is 83.7 cm³/mol. The number of likely N-dealkylation sites (tertiary alicyclic amines) is 1. The smallest absolute Gasteiger partial charge is 0.107 e. The van der Waals surface area contributed by atoms with Crippen molar-refractivity contribution >= 4 is 11.3 Å². The summed E-state index contributed by atoms with van der Waals surface area (Å²) in [5.74, 6) is 0.799. The maximum Gasteiger partial charge on any atom is 0.107 e. The number of methoxy groups -OCH3 is 1. The topological polar surface area (TPSA) is 51.4 Å². The van der Waals surface area contributed by atoms with Crippen LogP contribution in [0.3, 0.4) is 0 Å². The van der Waals surface area contributed by atoms with Crippen molar-refractivity contribution in [1.29, 1.82) is 0 Å². The second-order valence-electron chi connectivity index (χ2n) is 6.52. The van der Waals surface area contributed by atoms with E-state index in [1.165, 1.54) is 30.9 Å². The molecule has 1 unspecified atom stereocenters. The van der Waals surface area contributed by atoms with E-state index in [2.05, 4.69) is 11.8 Å². The van der Waals surface area contributed by atoms with Crippen LogP contribution in [0.2, 0.25) is 0 Å². The maximum absolute atomic E-state index is 6.26. The van der Waals surface area contributed by atoms with Gasteiger partial charge in [0.05, 0.1) is 18.8 Å². The largest absolute Gasteiger partial charge is 0.378 e. The standard InChI is InChI=1S/C15H27N3OS/c1-11-6-5-7-18(8-11)9-13-17-12(10-19-4)14(20-13)15(2,3)16/h11H,5-10,16H2,1-4H3. The van der Waals surface area contributed by atoms with Gasteiger partial charge in [0.25, 0.3) is 0 Å². The molecule has 1 atom stereocenters. The molecule has 5 heteroatoms. The van der Waals surface area contributed by atoms with Crippen LogP contribution in [0.15, 0.2) is 0 Å². The molecule has 1 fully saturated rings. The molecule has 4 nitrogen and oxygen atoms in total. The summed E-state index contributed by atoms with van der Waals surface area (Å²) in [6, 6.07) is 0. The second kappa shape index (κ2) is 6.52. The molecule has 1 aromatic rings. The summed E-state index contributed by atoms with van der Waals surface area (Å²) >= 11 is 1.74. The highest BCUT2D eigenvalue weighted by Gasteiger charge is 2.25. The molecular weight excluding hydrogens is 270 g/mol. The first-order chi connectivity index (χ1) is 9.40. The lowest BCUT2D eigenvalue weighted by Gasteiger charge is -2.29. The molecule has 0 radical (unpaired) electrons. The first kappa shape index (κ1) is 15.9. The fourth-order valence-electron chi connectivity index (χ4n) is 2.83. The van der Waals surface area contributed by atoms with E-state index >= 15 is 0 Å². The predicted octanol–water partition coefficient (Wildman–Crippen LogP) is 2.72. The Bertz CT molecular complexity index is 439. The first-order valence-electron chi connectivity index (χ1n) is 7.39. The van der Waals surface area contributed by atoms with Crippen molar-refractivity contribution < 1.29 is 4.74 Å². The third-order valence-corrected chi connectivity index (χ3v) is 5.13. The van der Waals surface area contributed by atoms with E-state index < -0.39 is 0 Å². The van der Waals surface area contributed by atoms with Gasteiger partial charge in [0.2, 0.25) is 0 Å². The van der Waals surface area contributed by atoms with Crippen LogP contribution in [0.1, 0.15) is 49.2 Å². The van der Waals surface area contributed by atoms with Gasteiger partial charge < -0.3 is 10.5 Å². The van der Waals surface area contributed by atoms with Gasteiger partial charge in [-0.3, -0.25) is 4.90 Å². The normalized spacial score (nSPS) is 21.4. The molecule has 20 heavy (non-hydrogen) atoms. The van der Waals surface area contributed by atoms with Gasteiger partial charge in [0, 0.05) is 24.1 Å². The molecule has 0 amide bonds. The van der Waals surface area contributed by atoms with E-state index in [4.69, 9.17) is 15.5 Å². The minimum absolute atomic E-state index is 0.348. The van der Waals surface area contributed by atoms with Gasteiger partial charge in [-0.05, 0) is 39.2 Å². The Morgan fingerprint density at radius 3 is 2.85 bits per heavy atom. The first-order valence-corrected chi connectivity index (χ1v) is 8.21. The highest BCUT2D eigenvalue weighted by Crippen LogP contribution is 2.30. The molecule has 1 aliphatic heterocycles. The van der Waals surface area contributed by atoms with Crippen molar-refractivity contribution in [2.45, 2.75) is 52.3 Å². The van der Waals surface area contributed by atoms with Gasteiger partial charge in [-0.25, -0.2) is 4.98 Å². The number of ether oxygens (including phenoxy) is 1. The number of nitrogens with two attached hydrogens (primary N) is 1. The van der Waals surface area contributed by atoms with E-state index in [0.29, 0.717) is 6.61 Å². The molecule has 0 bridgehead atoms. The molecule has 114 valence electrons. The molecule has 1 aliphatic rings. The van der Waals surface area contributed by atoms with Gasteiger partial charge in [0.1, 0.15) is 5.01 Å². The summed E-state index contributed by atoms with van der Waals surface area (Å²) in [7, 11) is 1.71. The van der Waals surface area contributed by atoms with Gasteiger partial charge in [-0.2, -0.15) is 0 Å². The molecule has 0 aromatic carbocycles. The summed E-state index contributed by atoms with van der Waals surface area (Å²) in [6.45, 7) is 10.3. The van der Waals surface area contributed by atoms with Crippen LogP contribution in [0, 0.1) is 5.92 Å². The van der Waals surface area contributed by atoms with E-state index in [-0.39, 0.29) is 5.54 Å². The Morgan fingerprint density at radius 2 is 2.25 bits per heavy atom. The Balaban J connectivity index is 2.12. The summed E-state index contributed by atoms with van der Waals surface area (Å²) < 4.78 is 5.26. The van der Waals surface area contributed by atoms with E-state index in [0.717, 1.165) is 23.0 Å². The number of rotatable bonds is 5. The molecule has 0 saturated carbocycles. The van der Waals surface area contributed by atoms with Crippen LogP contribution in [0.4, 0.5) is 0 Å². The Morgan fingerprint density at radius 1 is 1.50 bits per heavy atom. The highest BCUT2D eigenvalue weighted by molar-refractivity contribution is 7.11. The maximum atomic E-state index is 6.26. The molecule has 0 spiro atoms. The minimum atomic E-state index is -0.348. The van der Waals surface area contributed by atoms with Crippen molar-refractivity contribution in [3.05, 3.63) is 15.6 Å². The average Bonchev–Trinajstić information content (AvgIpc) is 2.72. The molecular formula is C15H27N3OS. The molecule has 2 N–H and O–H groups in total. The van der Waals surface area contributed by atoms with Crippen molar-refractivity contribution in [2.24, 2.45) is 11.7 Å². The fourth-order valence-corrected chi connectivity index (χ4v) is 3.95. The third kappa shape index (κ3) is 4.01. The third-order valence-electron chi connectivity index (χ3n) is 3.71. The van der Waals surface area contributed by atoms with Crippen molar-refractivity contribution in [1.82, 2.24) is 9.88 Å². The fraction of sp³-hybridized carbons (Fsp3) is 0.800. The SMILES string of the molecule is COCc1nc(CN2CCCC(C)C2)sc1C(C)(C)N. The molecule has 2 heterocycles. The molecule has 1 saturated heterocycles. The van der Waals surface area contributed by atoms with Gasteiger partial charge in [-0.1, -0.05) is 6.92 Å². The van der Waals surface area contributed by atoms with Crippen molar-refractivity contribution in [3.8, 4) is 0 Å². The summed E-state index contributed by atoms with van der Waals surface area (Å²) in [5, 5.41) is 1.17. The average molecular weight is 297 g/mol. The highest BCUT2D eigenvalue weighted by atomic mass is 32.1. The van der Waals surface area contributed by atoms with Crippen molar-refractivity contribution in [3.63, 3.8) is 0 Å². The molecule has 0 aliphatic carbocycles. The number of nitrogens with zero attached hydrogens (tertiary/aromatic N) is 2. The summed E-state index contributed by atoms with van der Waals surface area (Å²) in [6.07, 6.45) is 2.65. The molecule has 2 rings (SSSR count). The Hall–Kier alpha value is -0.490. The van der Waals surface area contributed by atoms with Gasteiger partial charge in [-0.15, -0.1) is 11.3 Å². The Labute approximate surface area is 126 Å². The zero-order chi connectivity index (χ0) is 14.8. The lowest BCUT2D eigenvalue weighted by atomic mass is 10.0. The van der Waals surface area contributed by atoms with E-state index in [9.17, 15) is 0 Å². The lowest BCUT2D eigenvalue weighted by Crippen LogP contribution is -2.33. The van der Waals surface area contributed by atoms with Crippen LogP contribution < -0.4 is 5.73 Å². The number of thiazole rings is 1. The number of piperidine rings is 1. The number of hydrogen-bond donors (Lipinski definition) is 1. The van der Waals surface area contributed by atoms with Crippen LogP contribution in [0.5, 0.6) is 0 Å². The minimum Gasteiger partial charge on any atom is -0.378 e. The second-order valence-corrected chi connectivity index (χ2v) is 7.60. The van der Waals surface area contributed by atoms with E-state index in [1.807, 2.05) is 13.8 Å². The number of hydrogen-bond acceptors (Lipinski definition) is 5. The van der Waals surface area contributed by atoms with Crippen molar-refractivity contribution in [2.75, 3.05) is 20.2 Å². The van der Waals surface area contributed by atoms with Crippen LogP contribution in [0.25, 0.3) is 0 Å².